The molecule has 4 aromatic rings. The van der Waals surface area contributed by atoms with E-state index in [1.165, 1.54) is 35.5 Å². The average Bonchev–Trinajstić information content (AvgIpc) is 3.31. The fraction of sp³-hybridized carbons (Fsp3) is 0.321. The lowest BCUT2D eigenvalue weighted by molar-refractivity contribution is 0.0695. The zero-order chi connectivity index (χ0) is 29.7. The highest BCUT2D eigenvalue weighted by Crippen LogP contribution is 2.38. The van der Waals surface area contributed by atoms with E-state index in [2.05, 4.69) is 15.5 Å². The summed E-state index contributed by atoms with van der Waals surface area (Å²) < 4.78 is 21.0. The monoisotopic (exact) mass is 564 g/mol. The fourth-order valence-corrected chi connectivity index (χ4v) is 4.37. The van der Waals surface area contributed by atoms with Crippen molar-refractivity contribution in [2.24, 2.45) is 19.2 Å². The summed E-state index contributed by atoms with van der Waals surface area (Å²) in [7, 11) is 2.87. The van der Waals surface area contributed by atoms with Crippen LogP contribution in [0.25, 0.3) is 11.2 Å². The smallest absolute Gasteiger partial charge is 0.336 e. The zero-order valence-corrected chi connectivity index (χ0v) is 23.5. The molecule has 0 aliphatic rings. The number of hydrogen-bond donors (Lipinski definition) is 2. The number of aryl methyl sites for hydroxylation is 1. The molecule has 0 saturated carbocycles. The third-order valence-electron chi connectivity index (χ3n) is 6.23. The lowest BCUT2D eigenvalue weighted by Crippen LogP contribution is -2.37. The van der Waals surface area contributed by atoms with E-state index in [1.807, 2.05) is 20.8 Å². The Kier molecular flexibility index (Phi) is 8.75. The van der Waals surface area contributed by atoms with Gasteiger partial charge in [0.15, 0.2) is 22.7 Å². The minimum absolute atomic E-state index is 0.0176. The molecule has 0 saturated heterocycles. The van der Waals surface area contributed by atoms with E-state index in [0.29, 0.717) is 48.2 Å². The maximum atomic E-state index is 13.2. The van der Waals surface area contributed by atoms with E-state index in [1.54, 1.807) is 30.3 Å². The minimum Gasteiger partial charge on any atom is -0.490 e. The van der Waals surface area contributed by atoms with Crippen molar-refractivity contribution in [1.82, 2.24) is 18.7 Å². The first-order valence-electron chi connectivity index (χ1n) is 13.0. The summed E-state index contributed by atoms with van der Waals surface area (Å²) in [4.78, 5) is 42.1. The van der Waals surface area contributed by atoms with Crippen LogP contribution in [0, 0.1) is 0 Å². The molecule has 13 nitrogen and oxygen atoms in total. The van der Waals surface area contributed by atoms with E-state index in [9.17, 15) is 19.5 Å². The molecule has 2 aromatic carbocycles. The quantitative estimate of drug-likeness (QED) is 0.195. The summed E-state index contributed by atoms with van der Waals surface area (Å²) in [6, 6.07) is 9.97. The van der Waals surface area contributed by atoms with Crippen LogP contribution in [0.2, 0.25) is 0 Å². The van der Waals surface area contributed by atoms with Gasteiger partial charge in [-0.1, -0.05) is 18.2 Å². The summed E-state index contributed by atoms with van der Waals surface area (Å²) in [6.07, 6.45) is 1.52. The highest BCUT2D eigenvalue weighted by molar-refractivity contribution is 5.89. The molecule has 0 atom stereocenters. The third-order valence-corrected chi connectivity index (χ3v) is 6.23. The van der Waals surface area contributed by atoms with Crippen LogP contribution >= 0.6 is 0 Å². The Morgan fingerprint density at radius 2 is 1.63 bits per heavy atom. The molecular weight excluding hydrogens is 532 g/mol. The highest BCUT2D eigenvalue weighted by Gasteiger charge is 2.21. The van der Waals surface area contributed by atoms with Gasteiger partial charge in [0.25, 0.3) is 5.56 Å². The molecule has 0 bridgehead atoms. The van der Waals surface area contributed by atoms with Crippen molar-refractivity contribution in [3.63, 3.8) is 0 Å². The zero-order valence-electron chi connectivity index (χ0n) is 23.5. The van der Waals surface area contributed by atoms with Crippen LogP contribution in [-0.2, 0) is 20.6 Å². The van der Waals surface area contributed by atoms with Crippen molar-refractivity contribution in [3.8, 4) is 17.2 Å². The van der Waals surface area contributed by atoms with E-state index in [0.717, 1.165) is 4.57 Å². The molecule has 13 heteroatoms. The van der Waals surface area contributed by atoms with Crippen molar-refractivity contribution in [2.75, 3.05) is 25.2 Å². The van der Waals surface area contributed by atoms with Crippen LogP contribution in [0.3, 0.4) is 0 Å². The molecular formula is C28H32N6O7. The lowest BCUT2D eigenvalue weighted by Gasteiger charge is -2.16. The second-order valence-corrected chi connectivity index (χ2v) is 8.88. The number of aromatic carboxylic acids is 1. The highest BCUT2D eigenvalue weighted by atomic mass is 16.5. The first-order valence-corrected chi connectivity index (χ1v) is 13.0. The normalized spacial score (nSPS) is 11.2. The number of fused-ring (bicyclic) bond motifs is 1. The summed E-state index contributed by atoms with van der Waals surface area (Å²) in [5.41, 5.74) is 3.13. The molecule has 0 fully saturated rings. The Morgan fingerprint density at radius 3 is 2.24 bits per heavy atom. The Balaban J connectivity index is 1.81. The van der Waals surface area contributed by atoms with E-state index in [-0.39, 0.29) is 29.2 Å². The predicted molar refractivity (Wildman–Crippen MR) is 154 cm³/mol. The predicted octanol–water partition coefficient (Wildman–Crippen LogP) is 2.82. The first kappa shape index (κ1) is 28.9. The number of hydrazone groups is 1. The second kappa shape index (κ2) is 12.4. The Hall–Kier alpha value is -5.07. The van der Waals surface area contributed by atoms with Crippen molar-refractivity contribution in [3.05, 3.63) is 73.9 Å². The lowest BCUT2D eigenvalue weighted by atomic mass is 10.1. The van der Waals surface area contributed by atoms with Crippen LogP contribution in [0.15, 0.2) is 51.1 Å². The van der Waals surface area contributed by atoms with Gasteiger partial charge >= 0.3 is 11.7 Å². The van der Waals surface area contributed by atoms with Gasteiger partial charge in [0.05, 0.1) is 38.1 Å². The number of aromatic nitrogens is 4. The van der Waals surface area contributed by atoms with Gasteiger partial charge in [0.1, 0.15) is 0 Å². The van der Waals surface area contributed by atoms with Crippen LogP contribution in [-0.4, -0.2) is 55.8 Å². The van der Waals surface area contributed by atoms with Crippen LogP contribution < -0.4 is 30.9 Å². The molecule has 0 aliphatic heterocycles. The number of carbonyl (C=O) groups is 1. The number of imidazole rings is 1. The van der Waals surface area contributed by atoms with Gasteiger partial charge in [0.2, 0.25) is 11.7 Å². The van der Waals surface area contributed by atoms with Gasteiger partial charge in [-0.15, -0.1) is 0 Å². The van der Waals surface area contributed by atoms with Crippen molar-refractivity contribution >= 4 is 29.3 Å². The number of anilines is 1. The van der Waals surface area contributed by atoms with Crippen molar-refractivity contribution < 1.29 is 24.1 Å². The average molecular weight is 565 g/mol. The van der Waals surface area contributed by atoms with Crippen molar-refractivity contribution in [1.29, 1.82) is 0 Å². The number of nitrogens with one attached hydrogen (secondary N) is 1. The molecule has 0 radical (unpaired) electrons. The van der Waals surface area contributed by atoms with Crippen LogP contribution in [0.5, 0.6) is 17.2 Å². The van der Waals surface area contributed by atoms with Crippen LogP contribution in [0.1, 0.15) is 42.3 Å². The number of nitrogens with zero attached hydrogens (tertiary/aromatic N) is 5. The molecule has 216 valence electrons. The fourth-order valence-electron chi connectivity index (χ4n) is 4.37. The van der Waals surface area contributed by atoms with Gasteiger partial charge < -0.3 is 19.3 Å². The van der Waals surface area contributed by atoms with E-state index in [4.69, 9.17) is 14.2 Å². The molecule has 4 rings (SSSR count). The molecule has 0 unspecified atom stereocenters. The Morgan fingerprint density at radius 1 is 1.00 bits per heavy atom. The summed E-state index contributed by atoms with van der Waals surface area (Å²) in [5.74, 6) is 0.520. The van der Waals surface area contributed by atoms with Gasteiger partial charge in [-0.05, 0) is 44.5 Å². The maximum absolute atomic E-state index is 13.2. The number of rotatable bonds is 12. The molecule has 2 aromatic heterocycles. The number of hydrogen-bond acceptors (Lipinski definition) is 9. The topological polar surface area (TPSA) is 151 Å². The van der Waals surface area contributed by atoms with E-state index < -0.39 is 17.2 Å². The SMILES string of the molecule is CCOc1cc(/C=N\Nc2nc3c(c(=O)n(C)c(=O)n3C)n2Cc2ccccc2C(=O)O)cc(OCC)c1OCC. The van der Waals surface area contributed by atoms with Gasteiger partial charge in [-0.3, -0.25) is 18.5 Å². The number of benzene rings is 2. The Labute approximate surface area is 235 Å². The Bertz CT molecular complexity index is 1710. The number of carboxylic acid groups (broad SMARTS) is 1. The van der Waals surface area contributed by atoms with Gasteiger partial charge in [-0.25, -0.2) is 15.0 Å². The maximum Gasteiger partial charge on any atom is 0.336 e. The molecule has 0 amide bonds. The van der Waals surface area contributed by atoms with E-state index >= 15 is 0 Å². The molecule has 2 heterocycles. The van der Waals surface area contributed by atoms with Crippen LogP contribution in [0.4, 0.5) is 5.95 Å². The molecule has 2 N–H and O–H groups in total. The number of ether oxygens (including phenoxy) is 3. The summed E-state index contributed by atoms with van der Waals surface area (Å²) in [5, 5.41) is 14.0. The summed E-state index contributed by atoms with van der Waals surface area (Å²) >= 11 is 0. The first-order chi connectivity index (χ1) is 19.7. The number of carboxylic acids is 1. The summed E-state index contributed by atoms with van der Waals surface area (Å²) in [6.45, 7) is 6.84. The minimum atomic E-state index is -1.11. The van der Waals surface area contributed by atoms with Crippen molar-refractivity contribution in [2.45, 2.75) is 27.3 Å². The second-order valence-electron chi connectivity index (χ2n) is 8.88. The van der Waals surface area contributed by atoms with Gasteiger partial charge in [-0.2, -0.15) is 10.1 Å². The molecule has 0 spiro atoms. The standard InChI is InChI=1S/C28H32N6O7/c1-6-39-20-13-17(14-21(40-7-2)23(20)41-8-3)15-29-31-27-30-24-22(25(35)33(5)28(38)32(24)4)34(27)16-18-11-9-10-12-19(18)26(36)37/h9-15H,6-8,16H2,1-5H3,(H,30,31)(H,36,37)/b29-15-. The van der Waals surface area contributed by atoms with Gasteiger partial charge in [0, 0.05) is 19.7 Å². The third kappa shape index (κ3) is 5.78. The molecule has 0 aliphatic carbocycles. The largest absolute Gasteiger partial charge is 0.490 e. The molecule has 41 heavy (non-hydrogen) atoms.